The van der Waals surface area contributed by atoms with E-state index in [0.717, 1.165) is 16.8 Å². The molecule has 3 nitrogen and oxygen atoms in total. The van der Waals surface area contributed by atoms with Crippen LogP contribution in [0.3, 0.4) is 0 Å². The van der Waals surface area contributed by atoms with Gasteiger partial charge in [-0.2, -0.15) is 0 Å². The second kappa shape index (κ2) is 9.75. The molecule has 0 aliphatic carbocycles. The molecule has 152 valence electrons. The van der Waals surface area contributed by atoms with Gasteiger partial charge in [-0.3, -0.25) is 4.79 Å². The van der Waals surface area contributed by atoms with Gasteiger partial charge >= 0.3 is 0 Å². The highest BCUT2D eigenvalue weighted by atomic mass is 35.5. The highest BCUT2D eigenvalue weighted by molar-refractivity contribution is 6.30. The van der Waals surface area contributed by atoms with Gasteiger partial charge in [0, 0.05) is 25.0 Å². The number of amides is 1. The Morgan fingerprint density at radius 3 is 2.52 bits per heavy atom. The minimum Gasteiger partial charge on any atom is -0.345 e. The topological polar surface area (TPSA) is 25.2 Å². The van der Waals surface area contributed by atoms with E-state index in [0.29, 0.717) is 25.6 Å². The third kappa shape index (κ3) is 5.70. The number of nitrogens with zero attached hydrogens (tertiary/aromatic N) is 2. The number of alkyl halides is 1. The second-order valence-electron chi connectivity index (χ2n) is 7.64. The van der Waals surface area contributed by atoms with Crippen LogP contribution in [-0.2, 0) is 17.9 Å². The van der Waals surface area contributed by atoms with Crippen molar-refractivity contribution in [3.8, 4) is 0 Å². The number of benzene rings is 2. The van der Waals surface area contributed by atoms with Crippen LogP contribution in [0.1, 0.15) is 36.0 Å². The molecule has 0 aliphatic heterocycles. The Morgan fingerprint density at radius 2 is 1.83 bits per heavy atom. The van der Waals surface area contributed by atoms with Gasteiger partial charge < -0.3 is 9.47 Å². The minimum atomic E-state index is -0.721. The number of hydrogen-bond donors (Lipinski definition) is 0. The molecule has 29 heavy (non-hydrogen) atoms. The zero-order valence-corrected chi connectivity index (χ0v) is 17.5. The van der Waals surface area contributed by atoms with Crippen LogP contribution in [0.4, 0.5) is 4.39 Å². The maximum Gasteiger partial charge on any atom is 0.245 e. The number of carbonyl (C=O) groups is 1. The number of hydrogen-bond acceptors (Lipinski definition) is 1. The molecule has 1 amide bonds. The predicted molar refractivity (Wildman–Crippen MR) is 115 cm³/mol. The van der Waals surface area contributed by atoms with E-state index in [1.165, 1.54) is 12.1 Å². The van der Waals surface area contributed by atoms with Crippen molar-refractivity contribution in [2.45, 2.75) is 32.3 Å². The smallest absolute Gasteiger partial charge is 0.245 e. The standard InChI is InChI=1S/C24H26ClFN2O/c1-18(2)15-28(24(29)23(25)20-9-4-3-5-10-20)17-22-12-7-13-27(22)16-19-8-6-11-21(26)14-19/h3-14,18,23H,15-17H2,1-2H3/t23-/m0/s1. The van der Waals surface area contributed by atoms with Crippen molar-refractivity contribution in [2.24, 2.45) is 5.92 Å². The van der Waals surface area contributed by atoms with E-state index in [4.69, 9.17) is 11.6 Å². The Kier molecular flexibility index (Phi) is 7.10. The molecular formula is C24H26ClFN2O. The molecule has 1 heterocycles. The van der Waals surface area contributed by atoms with Gasteiger partial charge in [0.05, 0.1) is 6.54 Å². The Morgan fingerprint density at radius 1 is 1.07 bits per heavy atom. The van der Waals surface area contributed by atoms with Crippen LogP contribution in [0.15, 0.2) is 72.9 Å². The van der Waals surface area contributed by atoms with E-state index >= 15 is 0 Å². The molecule has 1 atom stereocenters. The zero-order valence-electron chi connectivity index (χ0n) is 16.8. The maximum absolute atomic E-state index is 13.5. The number of carbonyl (C=O) groups excluding carboxylic acids is 1. The van der Waals surface area contributed by atoms with Crippen LogP contribution in [0.25, 0.3) is 0 Å². The third-order valence-electron chi connectivity index (χ3n) is 4.72. The van der Waals surface area contributed by atoms with Crippen LogP contribution in [0, 0.1) is 11.7 Å². The Labute approximate surface area is 176 Å². The summed E-state index contributed by atoms with van der Waals surface area (Å²) in [6, 6.07) is 19.9. The van der Waals surface area contributed by atoms with Gasteiger partial charge in [0.25, 0.3) is 0 Å². The first kappa shape index (κ1) is 21.1. The molecule has 0 saturated heterocycles. The lowest BCUT2D eigenvalue weighted by atomic mass is 10.1. The molecule has 0 fully saturated rings. The number of halogens is 2. The van der Waals surface area contributed by atoms with Crippen LogP contribution in [-0.4, -0.2) is 21.9 Å². The van der Waals surface area contributed by atoms with Crippen molar-refractivity contribution in [2.75, 3.05) is 6.54 Å². The molecule has 2 aromatic carbocycles. The van der Waals surface area contributed by atoms with Crippen LogP contribution >= 0.6 is 11.6 Å². The third-order valence-corrected chi connectivity index (χ3v) is 5.16. The van der Waals surface area contributed by atoms with Gasteiger partial charge in [0.2, 0.25) is 5.91 Å². The fraction of sp³-hybridized carbons (Fsp3) is 0.292. The highest BCUT2D eigenvalue weighted by Gasteiger charge is 2.25. The van der Waals surface area contributed by atoms with Gasteiger partial charge in [0.15, 0.2) is 0 Å². The summed E-state index contributed by atoms with van der Waals surface area (Å²) >= 11 is 6.52. The van der Waals surface area contributed by atoms with Gasteiger partial charge in [-0.05, 0) is 41.3 Å². The largest absolute Gasteiger partial charge is 0.345 e. The fourth-order valence-electron chi connectivity index (χ4n) is 3.37. The van der Waals surface area contributed by atoms with Crippen molar-refractivity contribution in [3.63, 3.8) is 0 Å². The van der Waals surface area contributed by atoms with Crippen molar-refractivity contribution in [1.82, 2.24) is 9.47 Å². The first-order chi connectivity index (χ1) is 13.9. The molecule has 0 bridgehead atoms. The first-order valence-corrected chi connectivity index (χ1v) is 10.2. The SMILES string of the molecule is CC(C)CN(Cc1cccn1Cc1cccc(F)c1)C(=O)[C@@H](Cl)c1ccccc1. The molecule has 1 aromatic heterocycles. The van der Waals surface area contributed by atoms with E-state index in [9.17, 15) is 9.18 Å². The average molecular weight is 413 g/mol. The normalized spacial score (nSPS) is 12.2. The molecule has 0 radical (unpaired) electrons. The van der Waals surface area contributed by atoms with E-state index in [2.05, 4.69) is 13.8 Å². The lowest BCUT2D eigenvalue weighted by molar-refractivity contribution is -0.132. The Bertz CT molecular complexity index is 939. The number of aromatic nitrogens is 1. The van der Waals surface area contributed by atoms with Gasteiger partial charge in [-0.25, -0.2) is 4.39 Å². The predicted octanol–water partition coefficient (Wildman–Crippen LogP) is 5.64. The summed E-state index contributed by atoms with van der Waals surface area (Å²) in [7, 11) is 0. The molecule has 0 spiro atoms. The maximum atomic E-state index is 13.5. The molecule has 3 rings (SSSR count). The average Bonchev–Trinajstić information content (AvgIpc) is 3.13. The molecular weight excluding hydrogens is 387 g/mol. The van der Waals surface area contributed by atoms with Gasteiger partial charge in [-0.15, -0.1) is 11.6 Å². The van der Waals surface area contributed by atoms with E-state index in [1.807, 2.05) is 64.2 Å². The molecule has 0 unspecified atom stereocenters. The summed E-state index contributed by atoms with van der Waals surface area (Å²) in [5.41, 5.74) is 2.66. The minimum absolute atomic E-state index is 0.106. The van der Waals surface area contributed by atoms with E-state index in [1.54, 1.807) is 6.07 Å². The molecule has 0 saturated carbocycles. The summed E-state index contributed by atoms with van der Waals surface area (Å²) in [6.45, 7) is 5.78. The summed E-state index contributed by atoms with van der Waals surface area (Å²) in [5.74, 6) is -0.0454. The Balaban J connectivity index is 1.79. The monoisotopic (exact) mass is 412 g/mol. The van der Waals surface area contributed by atoms with Gasteiger partial charge in [0.1, 0.15) is 11.2 Å². The van der Waals surface area contributed by atoms with Crippen molar-refractivity contribution >= 4 is 17.5 Å². The van der Waals surface area contributed by atoms with Gasteiger partial charge in [-0.1, -0.05) is 56.3 Å². The Hall–Kier alpha value is -2.59. The van der Waals surface area contributed by atoms with Crippen LogP contribution < -0.4 is 0 Å². The van der Waals surface area contributed by atoms with Crippen LogP contribution in [0.2, 0.25) is 0 Å². The summed E-state index contributed by atoms with van der Waals surface area (Å²) in [5, 5.41) is -0.721. The first-order valence-electron chi connectivity index (χ1n) is 9.80. The summed E-state index contributed by atoms with van der Waals surface area (Å²) in [6.07, 6.45) is 1.95. The van der Waals surface area contributed by atoms with Crippen LogP contribution in [0.5, 0.6) is 0 Å². The quantitative estimate of drug-likeness (QED) is 0.439. The van der Waals surface area contributed by atoms with E-state index in [-0.39, 0.29) is 11.7 Å². The van der Waals surface area contributed by atoms with Crippen molar-refractivity contribution < 1.29 is 9.18 Å². The lowest BCUT2D eigenvalue weighted by Gasteiger charge is -2.27. The fourth-order valence-corrected chi connectivity index (χ4v) is 3.66. The van der Waals surface area contributed by atoms with E-state index < -0.39 is 5.38 Å². The molecule has 3 aromatic rings. The summed E-state index contributed by atoms with van der Waals surface area (Å²) < 4.78 is 15.6. The molecule has 0 N–H and O–H groups in total. The van der Waals surface area contributed by atoms with Crippen molar-refractivity contribution in [3.05, 3.63) is 95.6 Å². The molecule has 0 aliphatic rings. The highest BCUT2D eigenvalue weighted by Crippen LogP contribution is 2.24. The molecule has 5 heteroatoms. The lowest BCUT2D eigenvalue weighted by Crippen LogP contribution is -2.36. The summed E-state index contributed by atoms with van der Waals surface area (Å²) in [4.78, 5) is 15.0. The van der Waals surface area contributed by atoms with Crippen molar-refractivity contribution in [1.29, 1.82) is 0 Å². The second-order valence-corrected chi connectivity index (χ2v) is 8.08. The number of rotatable bonds is 8. The zero-order chi connectivity index (χ0) is 20.8.